The van der Waals surface area contributed by atoms with Gasteiger partial charge in [0.15, 0.2) is 0 Å². The predicted octanol–water partition coefficient (Wildman–Crippen LogP) is 6.13. The Balaban J connectivity index is 0.00000118. The number of rotatable bonds is 2. The third-order valence-electron chi connectivity index (χ3n) is 5.17. The first-order valence-corrected chi connectivity index (χ1v) is 13.4. The molecule has 1 aliphatic heterocycles. The first-order valence-electron chi connectivity index (χ1n) is 12.0. The van der Waals surface area contributed by atoms with Gasteiger partial charge in [0.25, 0.3) is 0 Å². The van der Waals surface area contributed by atoms with Crippen molar-refractivity contribution in [1.82, 2.24) is 0 Å². The van der Waals surface area contributed by atoms with Gasteiger partial charge in [-0.15, -0.1) is 0 Å². The summed E-state index contributed by atoms with van der Waals surface area (Å²) in [5.74, 6) is 4.01. The molecule has 6 nitrogen and oxygen atoms in total. The van der Waals surface area contributed by atoms with Gasteiger partial charge in [0, 0.05) is 23.0 Å². The quantitative estimate of drug-likeness (QED) is 0.401. The van der Waals surface area contributed by atoms with E-state index in [2.05, 4.69) is 126 Å². The summed E-state index contributed by atoms with van der Waals surface area (Å²) in [7, 11) is -4.19. The van der Waals surface area contributed by atoms with Crippen molar-refractivity contribution in [2.24, 2.45) is 10.8 Å². The second kappa shape index (κ2) is 11.2. The Labute approximate surface area is 219 Å². The summed E-state index contributed by atoms with van der Waals surface area (Å²) in [5.41, 5.74) is 2.14. The van der Waals surface area contributed by atoms with Crippen LogP contribution in [0.5, 0.6) is 0 Å². The van der Waals surface area contributed by atoms with Crippen molar-refractivity contribution in [3.05, 3.63) is 70.6 Å². The third kappa shape index (κ3) is 11.4. The van der Waals surface area contributed by atoms with E-state index in [0.717, 1.165) is 34.2 Å². The standard InChI is InChI=1S/C29H43O2.ClH3O4/c1-26(2,3)22-16-20(17-23(30-22)27(4,5)6)14-13-15-21-18-24(28(7,8)9)31-25(19-21)29(10,11)12;2-1(3,4)5/h13-19H,1-12H3;2-4H/q+1;. The van der Waals surface area contributed by atoms with Gasteiger partial charge in [-0.2, -0.15) is 0 Å². The van der Waals surface area contributed by atoms with E-state index in [1.807, 2.05) is 0 Å². The predicted molar refractivity (Wildman–Crippen MR) is 140 cm³/mol. The number of ether oxygens (including phenoxy) is 1. The Bertz CT molecular complexity index is 958. The summed E-state index contributed by atoms with van der Waals surface area (Å²) >= 11 is 0. The molecule has 0 saturated heterocycles. The van der Waals surface area contributed by atoms with Crippen molar-refractivity contribution in [3.63, 3.8) is 0 Å². The summed E-state index contributed by atoms with van der Waals surface area (Å²) in [6.45, 7) is 26.3. The molecule has 3 N–H and O–H groups in total. The van der Waals surface area contributed by atoms with Gasteiger partial charge in [0.05, 0.1) is 10.8 Å². The van der Waals surface area contributed by atoms with E-state index < -0.39 is 10.2 Å². The molecule has 0 atom stereocenters. The van der Waals surface area contributed by atoms with E-state index in [1.54, 1.807) is 0 Å². The molecule has 1 aromatic heterocycles. The molecule has 2 rings (SSSR count). The van der Waals surface area contributed by atoms with E-state index >= 15 is 0 Å². The molecule has 0 unspecified atom stereocenters. The summed E-state index contributed by atoms with van der Waals surface area (Å²) in [5, 5.41) is 0. The fourth-order valence-corrected chi connectivity index (χ4v) is 2.98. The Kier molecular flexibility index (Phi) is 9.97. The Morgan fingerprint density at radius 3 is 1.39 bits per heavy atom. The van der Waals surface area contributed by atoms with Crippen molar-refractivity contribution in [2.75, 3.05) is 0 Å². The van der Waals surface area contributed by atoms with Gasteiger partial charge in [-0.1, -0.05) is 59.8 Å². The van der Waals surface area contributed by atoms with Crippen LogP contribution in [-0.4, -0.2) is 14.0 Å². The minimum absolute atomic E-state index is 0.0439. The molecule has 1 aromatic rings. The maximum absolute atomic E-state index is 8.83. The van der Waals surface area contributed by atoms with Gasteiger partial charge < -0.3 is 4.74 Å². The topological polar surface area (TPSA) is 104 Å². The molecule has 204 valence electrons. The van der Waals surface area contributed by atoms with Crippen molar-refractivity contribution in [1.29, 1.82) is 0 Å². The van der Waals surface area contributed by atoms with Crippen LogP contribution in [0.4, 0.5) is 0 Å². The molecule has 2 heterocycles. The van der Waals surface area contributed by atoms with E-state index in [0.29, 0.717) is 0 Å². The van der Waals surface area contributed by atoms with Crippen molar-refractivity contribution in [2.45, 2.75) is 93.9 Å². The van der Waals surface area contributed by atoms with Gasteiger partial charge in [-0.05, 0) is 64.8 Å². The summed E-state index contributed by atoms with van der Waals surface area (Å²) < 4.78 is 42.7. The first kappa shape index (κ1) is 32.1. The van der Waals surface area contributed by atoms with Gasteiger partial charge in [-0.25, -0.2) is 4.42 Å². The first-order chi connectivity index (χ1) is 15.9. The molecule has 7 heteroatoms. The molecule has 0 aromatic carbocycles. The molecule has 0 bridgehead atoms. The molecular weight excluding hydrogens is 480 g/mol. The van der Waals surface area contributed by atoms with E-state index in [9.17, 15) is 0 Å². The fourth-order valence-electron chi connectivity index (χ4n) is 2.98. The SMILES string of the molecule is CC(C)(C)C1=CC(=C/C=C/c2cc(C(C)(C)C)[o+]c(C(C)(C)C)c2)C=C(C(C)(C)C)O1.[O-][Cl+](O)(O)O. The third-order valence-corrected chi connectivity index (χ3v) is 5.17. The molecule has 0 fully saturated rings. The van der Waals surface area contributed by atoms with E-state index in [4.69, 9.17) is 27.8 Å². The van der Waals surface area contributed by atoms with Crippen LogP contribution in [0.15, 0.2) is 57.9 Å². The summed E-state index contributed by atoms with van der Waals surface area (Å²) in [4.78, 5) is 0. The van der Waals surface area contributed by atoms with Crippen LogP contribution in [0.3, 0.4) is 0 Å². The zero-order chi connectivity index (χ0) is 28.3. The Morgan fingerprint density at radius 2 is 1.08 bits per heavy atom. The van der Waals surface area contributed by atoms with Crippen molar-refractivity contribution >= 4 is 6.08 Å². The number of hydrogen-bond donors (Lipinski definition) is 3. The van der Waals surface area contributed by atoms with Gasteiger partial charge >= 0.3 is 40.4 Å². The monoisotopic (exact) mass is 525 g/mol. The van der Waals surface area contributed by atoms with Gasteiger partial charge in [0.1, 0.15) is 11.5 Å². The number of allylic oxidation sites excluding steroid dienone is 7. The molecule has 1 aliphatic rings. The fraction of sp³-hybridized carbons (Fsp3) is 0.552. The van der Waals surface area contributed by atoms with E-state index in [1.165, 1.54) is 0 Å². The average molecular weight is 526 g/mol. The van der Waals surface area contributed by atoms with Crippen LogP contribution in [-0.2, 0) is 15.6 Å². The molecule has 0 spiro atoms. The Hall–Kier alpha value is -1.96. The number of hydrogen-bond acceptors (Lipinski definition) is 5. The maximum atomic E-state index is 8.83. The van der Waals surface area contributed by atoms with Crippen LogP contribution in [0.1, 0.15) is 100 Å². The summed E-state index contributed by atoms with van der Waals surface area (Å²) in [6.07, 6.45) is 10.8. The molecule has 0 amide bonds. The van der Waals surface area contributed by atoms with Crippen LogP contribution in [0, 0.1) is 21.1 Å². The number of halogens is 1. The zero-order valence-electron chi connectivity index (χ0n) is 24.0. The Morgan fingerprint density at radius 1 is 0.722 bits per heavy atom. The van der Waals surface area contributed by atoms with Crippen LogP contribution in [0.25, 0.3) is 6.08 Å². The normalized spacial score (nSPS) is 16.1. The second-order valence-electron chi connectivity index (χ2n) is 13.2. The van der Waals surface area contributed by atoms with Crippen LogP contribution < -0.4 is 4.66 Å². The summed E-state index contributed by atoms with van der Waals surface area (Å²) in [6, 6.07) is 4.31. The minimum atomic E-state index is -4.19. The van der Waals surface area contributed by atoms with E-state index in [-0.39, 0.29) is 21.7 Å². The van der Waals surface area contributed by atoms with Gasteiger partial charge in [0.2, 0.25) is 0 Å². The van der Waals surface area contributed by atoms with Crippen molar-refractivity contribution < 1.29 is 38.0 Å². The molecular formula is C29H46ClO6+. The molecule has 0 saturated carbocycles. The molecule has 0 radical (unpaired) electrons. The average Bonchev–Trinajstić information content (AvgIpc) is 2.63. The second-order valence-corrected chi connectivity index (χ2v) is 14.1. The zero-order valence-corrected chi connectivity index (χ0v) is 24.7. The molecule has 36 heavy (non-hydrogen) atoms. The van der Waals surface area contributed by atoms with Crippen molar-refractivity contribution in [3.8, 4) is 0 Å². The molecule has 0 aliphatic carbocycles. The van der Waals surface area contributed by atoms with Gasteiger partial charge in [-0.3, -0.25) is 0 Å². The van der Waals surface area contributed by atoms with Crippen LogP contribution >= 0.6 is 0 Å². The van der Waals surface area contributed by atoms with Crippen LogP contribution in [0.2, 0.25) is 0 Å².